The van der Waals surface area contributed by atoms with Crippen molar-refractivity contribution in [1.29, 1.82) is 0 Å². The lowest BCUT2D eigenvalue weighted by Crippen LogP contribution is -2.35. The molecule has 1 aromatic carbocycles. The molecule has 0 radical (unpaired) electrons. The lowest BCUT2D eigenvalue weighted by molar-refractivity contribution is -0.0504. The number of carbonyl (C=O) groups is 1. The molecule has 0 unspecified atom stereocenters. The second kappa shape index (κ2) is 7.56. The number of amides is 2. The van der Waals surface area contributed by atoms with Gasteiger partial charge in [-0.05, 0) is 18.2 Å². The lowest BCUT2D eigenvalue weighted by atomic mass is 10.2. The minimum absolute atomic E-state index is 0.0289. The summed E-state index contributed by atoms with van der Waals surface area (Å²) in [6, 6.07) is 11.3. The van der Waals surface area contributed by atoms with Gasteiger partial charge < -0.3 is 15.4 Å². The largest absolute Gasteiger partial charge is 0.434 e. The predicted octanol–water partition coefficient (Wildman–Crippen LogP) is 2.33. The number of rotatable bonds is 6. The van der Waals surface area contributed by atoms with Crippen LogP contribution in [0.1, 0.15) is 11.4 Å². The summed E-state index contributed by atoms with van der Waals surface area (Å²) in [5.74, 6) is 0.605. The van der Waals surface area contributed by atoms with E-state index in [1.54, 1.807) is 34.9 Å². The first kappa shape index (κ1) is 16.6. The molecule has 0 atom stereocenters. The van der Waals surface area contributed by atoms with Crippen molar-refractivity contribution in [3.63, 3.8) is 0 Å². The van der Waals surface area contributed by atoms with Crippen molar-refractivity contribution in [2.45, 2.75) is 19.7 Å². The number of carbonyl (C=O) groups excluding carboxylic acids is 1. The molecule has 9 heteroatoms. The standard InChI is InChI=1S/C16H15F2N5O2/c17-15(18)25-12-6-2-1-5-11(12)9-19-16(24)20-10-14-22-21-13-7-3-4-8-23(13)14/h1-8,15H,9-10H2,(H2,19,20,24). The van der Waals surface area contributed by atoms with Gasteiger partial charge in [-0.2, -0.15) is 8.78 Å². The molecule has 0 fully saturated rings. The first-order chi connectivity index (χ1) is 12.1. The maximum Gasteiger partial charge on any atom is 0.387 e. The molecule has 0 spiro atoms. The number of hydrogen-bond acceptors (Lipinski definition) is 4. The minimum Gasteiger partial charge on any atom is -0.434 e. The zero-order chi connectivity index (χ0) is 17.6. The Hall–Kier alpha value is -3.23. The molecule has 3 rings (SSSR count). The molecule has 0 aliphatic rings. The Balaban J connectivity index is 1.55. The normalized spacial score (nSPS) is 10.8. The molecular weight excluding hydrogens is 332 g/mol. The van der Waals surface area contributed by atoms with Gasteiger partial charge in [0.15, 0.2) is 11.5 Å². The molecule has 25 heavy (non-hydrogen) atoms. The highest BCUT2D eigenvalue weighted by Gasteiger charge is 2.11. The number of nitrogens with one attached hydrogen (secondary N) is 2. The van der Waals surface area contributed by atoms with Crippen LogP contribution in [0.5, 0.6) is 5.75 Å². The van der Waals surface area contributed by atoms with Gasteiger partial charge in [0, 0.05) is 18.3 Å². The van der Waals surface area contributed by atoms with Crippen molar-refractivity contribution in [1.82, 2.24) is 25.2 Å². The average Bonchev–Trinajstić information content (AvgIpc) is 3.02. The second-order valence-electron chi connectivity index (χ2n) is 5.07. The van der Waals surface area contributed by atoms with Crippen molar-refractivity contribution < 1.29 is 18.3 Å². The third-order valence-electron chi connectivity index (χ3n) is 3.42. The van der Waals surface area contributed by atoms with Gasteiger partial charge in [0.1, 0.15) is 5.75 Å². The SMILES string of the molecule is O=C(NCc1ccccc1OC(F)F)NCc1nnc2ccccn12. The fourth-order valence-electron chi connectivity index (χ4n) is 2.27. The highest BCUT2D eigenvalue weighted by atomic mass is 19.3. The molecule has 0 saturated carbocycles. The third kappa shape index (κ3) is 4.19. The van der Waals surface area contributed by atoms with Crippen LogP contribution in [0.4, 0.5) is 13.6 Å². The van der Waals surface area contributed by atoms with Gasteiger partial charge in [0.25, 0.3) is 0 Å². The van der Waals surface area contributed by atoms with E-state index in [1.807, 2.05) is 12.1 Å². The average molecular weight is 347 g/mol. The number of fused-ring (bicyclic) bond motifs is 1. The molecule has 130 valence electrons. The maximum atomic E-state index is 12.4. The van der Waals surface area contributed by atoms with Gasteiger partial charge in [0.2, 0.25) is 0 Å². The molecule has 7 nitrogen and oxygen atoms in total. The van der Waals surface area contributed by atoms with Crippen LogP contribution in [0.3, 0.4) is 0 Å². The van der Waals surface area contributed by atoms with Crippen LogP contribution in [0.25, 0.3) is 5.65 Å². The summed E-state index contributed by atoms with van der Waals surface area (Å²) < 4.78 is 30.9. The summed E-state index contributed by atoms with van der Waals surface area (Å²) in [6.07, 6.45) is 1.79. The topological polar surface area (TPSA) is 80.5 Å². The van der Waals surface area contributed by atoms with E-state index in [0.29, 0.717) is 17.0 Å². The summed E-state index contributed by atoms with van der Waals surface area (Å²) in [4.78, 5) is 11.9. The van der Waals surface area contributed by atoms with Gasteiger partial charge in [-0.15, -0.1) is 10.2 Å². The monoisotopic (exact) mass is 347 g/mol. The zero-order valence-electron chi connectivity index (χ0n) is 13.0. The predicted molar refractivity (Wildman–Crippen MR) is 85.1 cm³/mol. The van der Waals surface area contributed by atoms with E-state index in [4.69, 9.17) is 0 Å². The fraction of sp³-hybridized carbons (Fsp3) is 0.188. The summed E-state index contributed by atoms with van der Waals surface area (Å²) in [6.45, 7) is -2.70. The number of ether oxygens (including phenoxy) is 1. The van der Waals surface area contributed by atoms with Gasteiger partial charge in [-0.3, -0.25) is 4.40 Å². The van der Waals surface area contributed by atoms with Crippen LogP contribution in [0, 0.1) is 0 Å². The summed E-state index contributed by atoms with van der Waals surface area (Å²) >= 11 is 0. The smallest absolute Gasteiger partial charge is 0.387 e. The minimum atomic E-state index is -2.92. The quantitative estimate of drug-likeness (QED) is 0.717. The fourth-order valence-corrected chi connectivity index (χ4v) is 2.27. The van der Waals surface area contributed by atoms with Crippen molar-refractivity contribution >= 4 is 11.7 Å². The summed E-state index contributed by atoms with van der Waals surface area (Å²) in [5.41, 5.74) is 1.13. The molecule has 0 aliphatic heterocycles. The van der Waals surface area contributed by atoms with E-state index >= 15 is 0 Å². The highest BCUT2D eigenvalue weighted by Crippen LogP contribution is 2.19. The summed E-state index contributed by atoms with van der Waals surface area (Å²) in [7, 11) is 0. The molecule has 3 aromatic rings. The van der Waals surface area contributed by atoms with E-state index in [9.17, 15) is 13.6 Å². The van der Waals surface area contributed by atoms with Gasteiger partial charge in [0.05, 0.1) is 6.54 Å². The number of halogens is 2. The Bertz CT molecular complexity index is 868. The van der Waals surface area contributed by atoms with E-state index in [-0.39, 0.29) is 18.8 Å². The number of pyridine rings is 1. The Morgan fingerprint density at radius 2 is 1.84 bits per heavy atom. The zero-order valence-corrected chi connectivity index (χ0v) is 13.0. The van der Waals surface area contributed by atoms with Crippen LogP contribution in [0.2, 0.25) is 0 Å². The van der Waals surface area contributed by atoms with Gasteiger partial charge in [-0.25, -0.2) is 4.79 Å². The van der Waals surface area contributed by atoms with E-state index in [0.717, 1.165) is 0 Å². The van der Waals surface area contributed by atoms with Crippen LogP contribution < -0.4 is 15.4 Å². The number of para-hydroxylation sites is 1. The lowest BCUT2D eigenvalue weighted by Gasteiger charge is -2.11. The van der Waals surface area contributed by atoms with Crippen LogP contribution >= 0.6 is 0 Å². The third-order valence-corrected chi connectivity index (χ3v) is 3.42. The Morgan fingerprint density at radius 3 is 2.68 bits per heavy atom. The number of benzene rings is 1. The van der Waals surface area contributed by atoms with Crippen molar-refractivity contribution in [3.05, 3.63) is 60.0 Å². The first-order valence-corrected chi connectivity index (χ1v) is 7.46. The Labute approximate surface area is 141 Å². The first-order valence-electron chi connectivity index (χ1n) is 7.46. The van der Waals surface area contributed by atoms with Crippen molar-refractivity contribution in [2.75, 3.05) is 0 Å². The second-order valence-corrected chi connectivity index (χ2v) is 5.07. The highest BCUT2D eigenvalue weighted by molar-refractivity contribution is 5.73. The molecule has 2 N–H and O–H groups in total. The van der Waals surface area contributed by atoms with Gasteiger partial charge in [-0.1, -0.05) is 24.3 Å². The maximum absolute atomic E-state index is 12.4. The van der Waals surface area contributed by atoms with E-state index in [1.165, 1.54) is 6.07 Å². The van der Waals surface area contributed by atoms with Crippen molar-refractivity contribution in [2.24, 2.45) is 0 Å². The van der Waals surface area contributed by atoms with E-state index < -0.39 is 12.6 Å². The Morgan fingerprint density at radius 1 is 1.08 bits per heavy atom. The summed E-state index contributed by atoms with van der Waals surface area (Å²) in [5, 5.41) is 13.2. The molecule has 2 aromatic heterocycles. The number of alkyl halides is 2. The van der Waals surface area contributed by atoms with Crippen LogP contribution in [0.15, 0.2) is 48.7 Å². The molecule has 0 saturated heterocycles. The number of hydrogen-bond donors (Lipinski definition) is 2. The van der Waals surface area contributed by atoms with Crippen LogP contribution in [-0.2, 0) is 13.1 Å². The number of urea groups is 1. The van der Waals surface area contributed by atoms with Gasteiger partial charge >= 0.3 is 12.6 Å². The molecule has 2 heterocycles. The molecular formula is C16H15F2N5O2. The molecule has 2 amide bonds. The van der Waals surface area contributed by atoms with E-state index in [2.05, 4.69) is 25.6 Å². The number of nitrogens with zero attached hydrogens (tertiary/aromatic N) is 3. The number of aromatic nitrogens is 3. The van der Waals surface area contributed by atoms with Crippen molar-refractivity contribution in [3.8, 4) is 5.75 Å². The van der Waals surface area contributed by atoms with Crippen LogP contribution in [-0.4, -0.2) is 27.2 Å². The molecule has 0 bridgehead atoms. The Kier molecular flexibility index (Phi) is 5.03. The molecule has 0 aliphatic carbocycles.